The molecule has 0 aliphatic carbocycles. The van der Waals surface area contributed by atoms with E-state index in [0.29, 0.717) is 18.3 Å². The summed E-state index contributed by atoms with van der Waals surface area (Å²) in [6.45, 7) is 3.31. The van der Waals surface area contributed by atoms with Crippen LogP contribution in [0.5, 0.6) is 0 Å². The average molecular weight is 380 g/mol. The number of likely N-dealkylation sites (tertiary alicyclic amines) is 1. The second-order valence-corrected chi connectivity index (χ2v) is 7.37. The lowest BCUT2D eigenvalue weighted by Crippen LogP contribution is -2.36. The molecular formula is C20H24N6O2. The smallest absolute Gasteiger partial charge is 0.266 e. The molecule has 8 heteroatoms. The summed E-state index contributed by atoms with van der Waals surface area (Å²) in [6, 6.07) is 8.77. The number of piperidine rings is 1. The first-order valence-corrected chi connectivity index (χ1v) is 9.54. The van der Waals surface area contributed by atoms with Crippen molar-refractivity contribution in [3.05, 3.63) is 75.2 Å². The number of nitrogens with zero attached hydrogens (tertiary/aromatic N) is 6. The van der Waals surface area contributed by atoms with Gasteiger partial charge in [-0.1, -0.05) is 0 Å². The SMILES string of the molecule is Cn1ccc(CN2CCC(Cn3nc(-n4cccn4)ccc3=O)CC2)cc1=O. The molecule has 1 aliphatic rings. The molecule has 0 N–H and O–H groups in total. The molecule has 1 saturated heterocycles. The van der Waals surface area contributed by atoms with Crippen LogP contribution in [0.3, 0.4) is 0 Å². The Balaban J connectivity index is 1.37. The summed E-state index contributed by atoms with van der Waals surface area (Å²) < 4.78 is 4.79. The van der Waals surface area contributed by atoms with Gasteiger partial charge in [0.05, 0.1) is 0 Å². The van der Waals surface area contributed by atoms with Crippen LogP contribution >= 0.6 is 0 Å². The zero-order chi connectivity index (χ0) is 19.5. The Kier molecular flexibility index (Phi) is 5.21. The Morgan fingerprint density at radius 1 is 1.07 bits per heavy atom. The van der Waals surface area contributed by atoms with Gasteiger partial charge in [-0.2, -0.15) is 5.10 Å². The zero-order valence-electron chi connectivity index (χ0n) is 15.9. The van der Waals surface area contributed by atoms with E-state index >= 15 is 0 Å². The number of rotatable bonds is 5. The molecule has 0 amide bonds. The van der Waals surface area contributed by atoms with Gasteiger partial charge in [0, 0.05) is 50.9 Å². The first-order valence-electron chi connectivity index (χ1n) is 9.54. The largest absolute Gasteiger partial charge is 0.319 e. The minimum atomic E-state index is -0.0848. The van der Waals surface area contributed by atoms with E-state index < -0.39 is 0 Å². The van der Waals surface area contributed by atoms with Crippen molar-refractivity contribution in [3.8, 4) is 5.82 Å². The number of hydrogen-bond acceptors (Lipinski definition) is 5. The lowest BCUT2D eigenvalue weighted by molar-refractivity contribution is 0.163. The van der Waals surface area contributed by atoms with Crippen LogP contribution in [0.15, 0.2) is 58.5 Å². The quantitative estimate of drug-likeness (QED) is 0.661. The van der Waals surface area contributed by atoms with Crippen molar-refractivity contribution in [1.29, 1.82) is 0 Å². The number of hydrogen-bond donors (Lipinski definition) is 0. The van der Waals surface area contributed by atoms with Gasteiger partial charge in [-0.15, -0.1) is 5.10 Å². The van der Waals surface area contributed by atoms with E-state index in [9.17, 15) is 9.59 Å². The lowest BCUT2D eigenvalue weighted by Gasteiger charge is -2.32. The van der Waals surface area contributed by atoms with Crippen LogP contribution < -0.4 is 11.1 Å². The van der Waals surface area contributed by atoms with Crippen LogP contribution in [0.25, 0.3) is 5.82 Å². The third kappa shape index (κ3) is 4.12. The molecule has 4 heterocycles. The van der Waals surface area contributed by atoms with Crippen LogP contribution in [0.1, 0.15) is 18.4 Å². The van der Waals surface area contributed by atoms with Crippen molar-refractivity contribution in [2.24, 2.45) is 13.0 Å². The highest BCUT2D eigenvalue weighted by atomic mass is 16.1. The molecule has 3 aromatic rings. The van der Waals surface area contributed by atoms with E-state index in [1.807, 2.05) is 24.5 Å². The fourth-order valence-corrected chi connectivity index (χ4v) is 3.61. The van der Waals surface area contributed by atoms with Crippen LogP contribution in [0, 0.1) is 5.92 Å². The molecule has 146 valence electrons. The van der Waals surface area contributed by atoms with Crippen molar-refractivity contribution in [3.63, 3.8) is 0 Å². The Labute approximate surface area is 162 Å². The van der Waals surface area contributed by atoms with E-state index in [2.05, 4.69) is 15.1 Å². The molecule has 0 aromatic carbocycles. The first-order chi connectivity index (χ1) is 13.6. The van der Waals surface area contributed by atoms with Gasteiger partial charge < -0.3 is 4.57 Å². The van der Waals surface area contributed by atoms with Gasteiger partial charge in [-0.3, -0.25) is 14.5 Å². The molecule has 28 heavy (non-hydrogen) atoms. The van der Waals surface area contributed by atoms with Crippen molar-refractivity contribution in [2.45, 2.75) is 25.9 Å². The zero-order valence-corrected chi connectivity index (χ0v) is 15.9. The molecule has 0 bridgehead atoms. The van der Waals surface area contributed by atoms with Gasteiger partial charge in [-0.25, -0.2) is 9.36 Å². The van der Waals surface area contributed by atoms with Gasteiger partial charge in [0.25, 0.3) is 11.1 Å². The highest BCUT2D eigenvalue weighted by Crippen LogP contribution is 2.20. The molecular weight excluding hydrogens is 356 g/mol. The number of pyridine rings is 1. The lowest BCUT2D eigenvalue weighted by atomic mass is 9.96. The highest BCUT2D eigenvalue weighted by molar-refractivity contribution is 5.17. The molecule has 3 aromatic heterocycles. The fraction of sp³-hybridized carbons (Fsp3) is 0.400. The van der Waals surface area contributed by atoms with E-state index in [1.54, 1.807) is 45.4 Å². The fourth-order valence-electron chi connectivity index (χ4n) is 3.61. The molecule has 0 atom stereocenters. The third-order valence-electron chi connectivity index (χ3n) is 5.30. The van der Waals surface area contributed by atoms with Crippen LogP contribution in [-0.4, -0.2) is 42.1 Å². The minimum Gasteiger partial charge on any atom is -0.319 e. The summed E-state index contributed by atoms with van der Waals surface area (Å²) in [5.74, 6) is 1.06. The Morgan fingerprint density at radius 3 is 2.61 bits per heavy atom. The van der Waals surface area contributed by atoms with Crippen molar-refractivity contribution in [1.82, 2.24) is 29.0 Å². The molecule has 0 radical (unpaired) electrons. The molecule has 0 unspecified atom stereocenters. The predicted octanol–water partition coefficient (Wildman–Crippen LogP) is 1.04. The Bertz CT molecular complexity index is 1050. The topological polar surface area (TPSA) is 78.0 Å². The van der Waals surface area contributed by atoms with E-state index in [0.717, 1.165) is 38.0 Å². The van der Waals surface area contributed by atoms with Crippen molar-refractivity contribution >= 4 is 0 Å². The summed E-state index contributed by atoms with van der Waals surface area (Å²) in [4.78, 5) is 26.4. The van der Waals surface area contributed by atoms with Gasteiger partial charge in [-0.05, 0) is 55.6 Å². The highest BCUT2D eigenvalue weighted by Gasteiger charge is 2.20. The second-order valence-electron chi connectivity index (χ2n) is 7.37. The number of aromatic nitrogens is 5. The molecule has 0 spiro atoms. The standard InChI is InChI=1S/C20H24N6O2/c1-23-10-5-17(13-20(23)28)14-24-11-6-16(7-12-24)15-26-19(27)4-3-18(22-26)25-9-2-8-21-25/h2-5,8-10,13,16H,6-7,11-12,14-15H2,1H3. The summed E-state index contributed by atoms with van der Waals surface area (Å²) >= 11 is 0. The molecule has 1 aliphatic heterocycles. The average Bonchev–Trinajstić information content (AvgIpc) is 3.23. The first kappa shape index (κ1) is 18.4. The van der Waals surface area contributed by atoms with Gasteiger partial charge in [0.1, 0.15) is 0 Å². The van der Waals surface area contributed by atoms with Crippen LogP contribution in [0.2, 0.25) is 0 Å². The Hall–Kier alpha value is -3.00. The minimum absolute atomic E-state index is 0.0231. The molecule has 8 nitrogen and oxygen atoms in total. The van der Waals surface area contributed by atoms with Crippen molar-refractivity contribution in [2.75, 3.05) is 13.1 Å². The monoisotopic (exact) mass is 380 g/mol. The van der Waals surface area contributed by atoms with Crippen LogP contribution in [-0.2, 0) is 20.1 Å². The van der Waals surface area contributed by atoms with Gasteiger partial charge in [0.2, 0.25) is 0 Å². The number of aryl methyl sites for hydroxylation is 1. The Morgan fingerprint density at radius 2 is 1.89 bits per heavy atom. The maximum absolute atomic E-state index is 12.2. The summed E-state index contributed by atoms with van der Waals surface area (Å²) in [5, 5.41) is 8.64. The maximum atomic E-state index is 12.2. The summed E-state index contributed by atoms with van der Waals surface area (Å²) in [7, 11) is 1.76. The summed E-state index contributed by atoms with van der Waals surface area (Å²) in [5.41, 5.74) is 0.986. The summed E-state index contributed by atoms with van der Waals surface area (Å²) in [6.07, 6.45) is 7.33. The van der Waals surface area contributed by atoms with Gasteiger partial charge >= 0.3 is 0 Å². The van der Waals surface area contributed by atoms with Gasteiger partial charge in [0.15, 0.2) is 5.82 Å². The van der Waals surface area contributed by atoms with Crippen molar-refractivity contribution < 1.29 is 0 Å². The molecule has 1 fully saturated rings. The normalized spacial score (nSPS) is 15.8. The van der Waals surface area contributed by atoms with E-state index in [4.69, 9.17) is 0 Å². The van der Waals surface area contributed by atoms with Crippen LogP contribution in [0.4, 0.5) is 0 Å². The molecule has 0 saturated carbocycles. The van der Waals surface area contributed by atoms with E-state index in [1.165, 1.54) is 0 Å². The third-order valence-corrected chi connectivity index (χ3v) is 5.30. The second kappa shape index (κ2) is 7.93. The predicted molar refractivity (Wildman–Crippen MR) is 105 cm³/mol. The van der Waals surface area contributed by atoms with E-state index in [-0.39, 0.29) is 11.1 Å². The molecule has 4 rings (SSSR count). The maximum Gasteiger partial charge on any atom is 0.266 e.